The number of hydrogen-bond acceptors (Lipinski definition) is 7. The quantitative estimate of drug-likeness (QED) is 0.237. The number of ether oxygens (including phenoxy) is 3. The second-order valence-electron chi connectivity index (χ2n) is 11.5. The third-order valence-electron chi connectivity index (χ3n) is 6.93. The number of carbonyl (C=O) groups excluding carboxylic acids is 3. The lowest BCUT2D eigenvalue weighted by atomic mass is 9.76. The second kappa shape index (κ2) is 11.1. The van der Waals surface area contributed by atoms with Crippen LogP contribution in [0.2, 0.25) is 10.0 Å². The lowest BCUT2D eigenvalue weighted by Gasteiger charge is -2.42. The molecule has 2 saturated heterocycles. The maximum atomic E-state index is 14.8. The van der Waals surface area contributed by atoms with E-state index in [0.29, 0.717) is 22.9 Å². The molecule has 228 valence electrons. The molecule has 4 atom stereocenters. The summed E-state index contributed by atoms with van der Waals surface area (Å²) in [7, 11) is 0. The van der Waals surface area contributed by atoms with Crippen molar-refractivity contribution in [1.29, 1.82) is 0 Å². The van der Waals surface area contributed by atoms with E-state index in [1.54, 1.807) is 53.7 Å². The molecule has 0 bridgehead atoms. The Hall–Kier alpha value is -2.63. The Balaban J connectivity index is 1.70. The summed E-state index contributed by atoms with van der Waals surface area (Å²) in [6, 6.07) is 9.05. The van der Waals surface area contributed by atoms with Gasteiger partial charge in [-0.3, -0.25) is 4.79 Å². The molecule has 2 aromatic carbocycles. The monoisotopic (exact) mass is 647 g/mol. The van der Waals surface area contributed by atoms with Crippen LogP contribution in [0.3, 0.4) is 0 Å². The molecule has 0 aliphatic carbocycles. The van der Waals surface area contributed by atoms with Gasteiger partial charge < -0.3 is 14.2 Å². The van der Waals surface area contributed by atoms with Crippen LogP contribution < -0.4 is 0 Å². The van der Waals surface area contributed by atoms with Crippen LogP contribution in [0.25, 0.3) is 0 Å². The summed E-state index contributed by atoms with van der Waals surface area (Å²) in [5, 5.41) is -1.07. The van der Waals surface area contributed by atoms with E-state index < -0.39 is 64.1 Å². The van der Waals surface area contributed by atoms with E-state index in [2.05, 4.69) is 0 Å². The first-order chi connectivity index (χ1) is 19.3. The van der Waals surface area contributed by atoms with Crippen LogP contribution in [0.15, 0.2) is 42.5 Å². The van der Waals surface area contributed by atoms with E-state index in [1.807, 2.05) is 0 Å². The highest BCUT2D eigenvalue weighted by Crippen LogP contribution is 2.69. The van der Waals surface area contributed by atoms with Gasteiger partial charge in [0, 0.05) is 16.5 Å². The van der Waals surface area contributed by atoms with Crippen molar-refractivity contribution in [2.24, 2.45) is 0 Å². The number of nitrogens with zero attached hydrogens (tertiary/aromatic N) is 1. The molecule has 0 spiro atoms. The van der Waals surface area contributed by atoms with Gasteiger partial charge in [0.2, 0.25) is 0 Å². The lowest BCUT2D eigenvalue weighted by molar-refractivity contribution is -0.204. The number of rotatable bonds is 5. The molecule has 2 aromatic rings. The van der Waals surface area contributed by atoms with Gasteiger partial charge in [-0.1, -0.05) is 47.5 Å². The predicted molar refractivity (Wildman–Crippen MR) is 153 cm³/mol. The fraction of sp³-hybridized carbons (Fsp3) is 0.483. The third kappa shape index (κ3) is 5.92. The molecule has 0 aromatic heterocycles. The van der Waals surface area contributed by atoms with Crippen LogP contribution in [-0.4, -0.2) is 46.2 Å². The molecule has 0 N–H and O–H groups in total. The van der Waals surface area contributed by atoms with Gasteiger partial charge in [0.1, 0.15) is 15.6 Å². The molecule has 3 unspecified atom stereocenters. The number of esters is 1. The molecular formula is C29H30Cl2F3NO6S. The van der Waals surface area contributed by atoms with Crippen molar-refractivity contribution in [1.82, 2.24) is 4.90 Å². The smallest absolute Gasteiger partial charge is 0.420 e. The van der Waals surface area contributed by atoms with Crippen LogP contribution in [0.1, 0.15) is 70.7 Å². The van der Waals surface area contributed by atoms with Crippen molar-refractivity contribution in [3.05, 3.63) is 69.2 Å². The molecule has 2 heterocycles. The van der Waals surface area contributed by atoms with Gasteiger partial charge >= 0.3 is 24.3 Å². The largest absolute Gasteiger partial charge is 0.451 e. The first kappa shape index (κ1) is 32.3. The highest BCUT2D eigenvalue weighted by Gasteiger charge is 2.75. The van der Waals surface area contributed by atoms with Crippen LogP contribution >= 0.6 is 35.0 Å². The van der Waals surface area contributed by atoms with Gasteiger partial charge in [0.05, 0.1) is 12.1 Å². The normalized spacial score (nSPS) is 24.4. The SMILES string of the molecule is CC(C)OC(=O)N(C(=O)OC(C)(C)C)[C@@H](C)c1ccc(C23CC(c4cc(Cl)cc(Cl)c4)(C(F)(F)F)SC2C(=O)O3)cc1. The minimum Gasteiger partial charge on any atom is -0.451 e. The minimum absolute atomic E-state index is 0.0335. The summed E-state index contributed by atoms with van der Waals surface area (Å²) in [4.78, 5) is 39.2. The number of thioether (sulfide) groups is 1. The first-order valence-corrected chi connectivity index (χ1v) is 14.7. The highest BCUT2D eigenvalue weighted by molar-refractivity contribution is 8.02. The van der Waals surface area contributed by atoms with Crippen LogP contribution in [0, 0.1) is 0 Å². The fourth-order valence-corrected chi connectivity index (χ4v) is 7.27. The van der Waals surface area contributed by atoms with Crippen molar-refractivity contribution >= 4 is 53.1 Å². The molecule has 2 aliphatic rings. The van der Waals surface area contributed by atoms with E-state index in [0.717, 1.165) is 4.90 Å². The van der Waals surface area contributed by atoms with E-state index in [1.165, 1.54) is 30.3 Å². The number of fused-ring (bicyclic) bond motifs is 1. The zero-order valence-electron chi connectivity index (χ0n) is 23.7. The Kier molecular flexibility index (Phi) is 8.56. The molecule has 2 aliphatic heterocycles. The zero-order valence-corrected chi connectivity index (χ0v) is 26.0. The Bertz CT molecular complexity index is 1380. The standard InChI is InChI=1S/C29H30Cl2F3NO6S/c1-15(2)39-24(37)35(25(38)41-26(4,5)6)16(3)17-7-9-18(10-8-17)27-14-28(29(32,33)34,42-22(27)23(36)40-27)19-11-20(30)13-21(31)12-19/h7-13,15-16,22H,14H2,1-6H3/t16-,22?,27?,28?/m0/s1. The van der Waals surface area contributed by atoms with Gasteiger partial charge in [-0.2, -0.15) is 13.2 Å². The number of halogens is 5. The van der Waals surface area contributed by atoms with E-state index in [9.17, 15) is 27.6 Å². The molecule has 13 heteroatoms. The summed E-state index contributed by atoms with van der Waals surface area (Å²) in [6.07, 6.45) is -7.72. The Morgan fingerprint density at radius 1 is 1.00 bits per heavy atom. The average Bonchev–Trinajstić information content (AvgIpc) is 3.13. The van der Waals surface area contributed by atoms with E-state index in [4.69, 9.17) is 37.4 Å². The van der Waals surface area contributed by atoms with Gasteiger partial charge in [-0.05, 0) is 76.4 Å². The Labute approximate surface area is 255 Å². The molecule has 4 rings (SSSR count). The van der Waals surface area contributed by atoms with Crippen molar-refractivity contribution in [2.75, 3.05) is 0 Å². The van der Waals surface area contributed by atoms with Crippen molar-refractivity contribution in [2.45, 2.75) is 87.5 Å². The minimum atomic E-state index is -4.78. The third-order valence-corrected chi connectivity index (χ3v) is 9.19. The number of alkyl halides is 3. The highest BCUT2D eigenvalue weighted by atomic mass is 35.5. The lowest BCUT2D eigenvalue weighted by Crippen LogP contribution is -2.55. The summed E-state index contributed by atoms with van der Waals surface area (Å²) in [5.74, 6) is -0.760. The maximum absolute atomic E-state index is 14.8. The number of benzene rings is 2. The summed E-state index contributed by atoms with van der Waals surface area (Å²) in [6.45, 7) is 9.84. The maximum Gasteiger partial charge on any atom is 0.420 e. The van der Waals surface area contributed by atoms with Crippen molar-refractivity contribution < 1.29 is 41.8 Å². The van der Waals surface area contributed by atoms with Gasteiger partial charge in [0.15, 0.2) is 5.60 Å². The molecule has 42 heavy (non-hydrogen) atoms. The molecule has 7 nitrogen and oxygen atoms in total. The fourth-order valence-electron chi connectivity index (χ4n) is 5.06. The molecular weight excluding hydrogens is 618 g/mol. The number of imide groups is 1. The number of amides is 2. The summed E-state index contributed by atoms with van der Waals surface area (Å²) >= 11 is 12.6. The van der Waals surface area contributed by atoms with E-state index in [-0.39, 0.29) is 15.6 Å². The molecule has 0 radical (unpaired) electrons. The van der Waals surface area contributed by atoms with Crippen LogP contribution in [0.4, 0.5) is 22.8 Å². The van der Waals surface area contributed by atoms with Crippen LogP contribution in [-0.2, 0) is 29.4 Å². The topological polar surface area (TPSA) is 82.1 Å². The second-order valence-corrected chi connectivity index (χ2v) is 13.8. The molecule has 2 fully saturated rings. The van der Waals surface area contributed by atoms with Crippen molar-refractivity contribution in [3.63, 3.8) is 0 Å². The Morgan fingerprint density at radius 2 is 1.57 bits per heavy atom. The Morgan fingerprint density at radius 3 is 2.05 bits per heavy atom. The van der Waals surface area contributed by atoms with Crippen LogP contribution in [0.5, 0.6) is 0 Å². The summed E-state index contributed by atoms with van der Waals surface area (Å²) < 4.78 is 58.1. The first-order valence-electron chi connectivity index (χ1n) is 13.1. The molecule has 0 saturated carbocycles. The average molecular weight is 649 g/mol. The van der Waals surface area contributed by atoms with Crippen molar-refractivity contribution in [3.8, 4) is 0 Å². The number of carbonyl (C=O) groups is 3. The van der Waals surface area contributed by atoms with Gasteiger partial charge in [0.25, 0.3) is 0 Å². The molecule has 2 amide bonds. The number of hydrogen-bond donors (Lipinski definition) is 0. The van der Waals surface area contributed by atoms with E-state index >= 15 is 0 Å². The zero-order chi connectivity index (χ0) is 31.4. The van der Waals surface area contributed by atoms with Gasteiger partial charge in [-0.25, -0.2) is 14.5 Å². The summed E-state index contributed by atoms with van der Waals surface area (Å²) in [5.41, 5.74) is -1.83. The van der Waals surface area contributed by atoms with Gasteiger partial charge in [-0.15, -0.1) is 11.8 Å². The predicted octanol–water partition coefficient (Wildman–Crippen LogP) is 8.55.